The molecule has 0 saturated carbocycles. The van der Waals surface area contributed by atoms with Gasteiger partial charge in [-0.2, -0.15) is 0 Å². The number of thiol groups is 1. The fraction of sp³-hybridized carbons (Fsp3) is 0.133. The van der Waals surface area contributed by atoms with Crippen LogP contribution in [0.4, 0.5) is 0 Å². The van der Waals surface area contributed by atoms with Crippen molar-refractivity contribution in [1.82, 2.24) is 0 Å². The van der Waals surface area contributed by atoms with Crippen LogP contribution in [0.2, 0.25) is 0 Å². The van der Waals surface area contributed by atoms with Crippen LogP contribution in [0, 0.1) is 6.26 Å². The minimum atomic E-state index is -0.183. The lowest BCUT2D eigenvalue weighted by atomic mass is 10.2. The van der Waals surface area contributed by atoms with E-state index in [-0.39, 0.29) is 10.9 Å². The minimum absolute atomic E-state index is 0.183. The van der Waals surface area contributed by atoms with Crippen LogP contribution in [0.25, 0.3) is 0 Å². The standard InChI is InChI=1S/C15H17S/c1-16(12-14-8-4-2-5-9-14)13-15-10-6-3-7-11-15/h2-11,16H,1,12-13H2. The van der Waals surface area contributed by atoms with Gasteiger partial charge in [-0.15, -0.1) is 0 Å². The Morgan fingerprint density at radius 1 is 0.688 bits per heavy atom. The predicted octanol–water partition coefficient (Wildman–Crippen LogP) is 4.18. The lowest BCUT2D eigenvalue weighted by Gasteiger charge is -2.15. The van der Waals surface area contributed by atoms with Crippen molar-refractivity contribution in [2.45, 2.75) is 11.5 Å². The molecule has 0 aliphatic rings. The summed E-state index contributed by atoms with van der Waals surface area (Å²) in [6.07, 6.45) is 4.29. The monoisotopic (exact) mass is 229 g/mol. The molecule has 0 aliphatic carbocycles. The van der Waals surface area contributed by atoms with Gasteiger partial charge < -0.3 is 0 Å². The highest BCUT2D eigenvalue weighted by Gasteiger charge is 2.00. The van der Waals surface area contributed by atoms with Gasteiger partial charge >= 0.3 is 0 Å². The van der Waals surface area contributed by atoms with Crippen LogP contribution >= 0.6 is 10.9 Å². The third-order valence-corrected chi connectivity index (χ3v) is 4.12. The summed E-state index contributed by atoms with van der Waals surface area (Å²) in [5.74, 6) is 2.23. The molecule has 0 unspecified atom stereocenters. The Morgan fingerprint density at radius 2 is 1.06 bits per heavy atom. The zero-order chi connectivity index (χ0) is 11.2. The molecule has 0 nitrogen and oxygen atoms in total. The first kappa shape index (κ1) is 11.3. The summed E-state index contributed by atoms with van der Waals surface area (Å²) in [7, 11) is -0.183. The molecule has 0 fully saturated rings. The second kappa shape index (κ2) is 5.76. The summed E-state index contributed by atoms with van der Waals surface area (Å²) in [6.45, 7) is 0. The molecule has 0 aliphatic heterocycles. The summed E-state index contributed by atoms with van der Waals surface area (Å²) >= 11 is 0. The van der Waals surface area contributed by atoms with Crippen LogP contribution in [0.3, 0.4) is 0 Å². The number of hydrogen-bond acceptors (Lipinski definition) is 0. The van der Waals surface area contributed by atoms with Crippen molar-refractivity contribution in [2.75, 3.05) is 0 Å². The highest BCUT2D eigenvalue weighted by molar-refractivity contribution is 8.16. The first-order valence-corrected chi connectivity index (χ1v) is 7.37. The van der Waals surface area contributed by atoms with Gasteiger partial charge in [0.05, 0.1) is 0 Å². The van der Waals surface area contributed by atoms with E-state index in [0.29, 0.717) is 0 Å². The first-order chi connectivity index (χ1) is 7.84. The van der Waals surface area contributed by atoms with Crippen LogP contribution in [-0.2, 0) is 11.5 Å². The van der Waals surface area contributed by atoms with E-state index >= 15 is 0 Å². The van der Waals surface area contributed by atoms with Gasteiger partial charge in [0.1, 0.15) is 0 Å². The van der Waals surface area contributed by atoms with Crippen LogP contribution in [0.15, 0.2) is 60.7 Å². The molecule has 1 radical (unpaired) electrons. The Bertz CT molecular complexity index is 366. The van der Waals surface area contributed by atoms with Crippen molar-refractivity contribution < 1.29 is 0 Å². The van der Waals surface area contributed by atoms with E-state index in [1.54, 1.807) is 0 Å². The van der Waals surface area contributed by atoms with E-state index in [4.69, 9.17) is 0 Å². The average molecular weight is 229 g/mol. The second-order valence-corrected chi connectivity index (χ2v) is 5.93. The summed E-state index contributed by atoms with van der Waals surface area (Å²) in [6, 6.07) is 21.3. The molecule has 0 heterocycles. The van der Waals surface area contributed by atoms with Gasteiger partial charge in [-0.25, -0.2) is 10.9 Å². The molecule has 0 aromatic heterocycles. The Balaban J connectivity index is 1.92. The lowest BCUT2D eigenvalue weighted by molar-refractivity contribution is 1.35. The molecule has 16 heavy (non-hydrogen) atoms. The van der Waals surface area contributed by atoms with E-state index in [2.05, 4.69) is 66.9 Å². The minimum Gasteiger partial charge on any atom is -0.245 e. The summed E-state index contributed by atoms with van der Waals surface area (Å²) in [5, 5.41) is 0. The lowest BCUT2D eigenvalue weighted by Crippen LogP contribution is -1.89. The summed E-state index contributed by atoms with van der Waals surface area (Å²) in [4.78, 5) is 0. The van der Waals surface area contributed by atoms with Gasteiger partial charge in [0, 0.05) is 11.5 Å². The maximum Gasteiger partial charge on any atom is 0.000343 e. The van der Waals surface area contributed by atoms with E-state index in [1.165, 1.54) is 11.1 Å². The Kier molecular flexibility index (Phi) is 4.06. The third-order valence-electron chi connectivity index (χ3n) is 2.50. The molecule has 83 valence electrons. The Morgan fingerprint density at radius 3 is 1.44 bits per heavy atom. The third kappa shape index (κ3) is 3.42. The van der Waals surface area contributed by atoms with Crippen molar-refractivity contribution in [3.63, 3.8) is 0 Å². The number of benzene rings is 2. The molecule has 0 N–H and O–H groups in total. The molecular weight excluding hydrogens is 212 g/mol. The van der Waals surface area contributed by atoms with Crippen molar-refractivity contribution in [3.05, 3.63) is 78.0 Å². The van der Waals surface area contributed by atoms with Crippen molar-refractivity contribution in [1.29, 1.82) is 0 Å². The molecule has 2 aromatic carbocycles. The van der Waals surface area contributed by atoms with E-state index < -0.39 is 0 Å². The topological polar surface area (TPSA) is 0 Å². The van der Waals surface area contributed by atoms with Crippen molar-refractivity contribution in [3.8, 4) is 0 Å². The van der Waals surface area contributed by atoms with Crippen LogP contribution in [-0.4, -0.2) is 0 Å². The zero-order valence-corrected chi connectivity index (χ0v) is 10.2. The van der Waals surface area contributed by atoms with Gasteiger partial charge in [-0.05, 0) is 17.4 Å². The van der Waals surface area contributed by atoms with Crippen LogP contribution in [0.1, 0.15) is 11.1 Å². The van der Waals surface area contributed by atoms with Gasteiger partial charge in [0.15, 0.2) is 0 Å². The highest BCUT2D eigenvalue weighted by atomic mass is 32.2. The maximum atomic E-state index is 4.29. The van der Waals surface area contributed by atoms with Crippen LogP contribution in [0.5, 0.6) is 0 Å². The quantitative estimate of drug-likeness (QED) is 0.747. The zero-order valence-electron chi connectivity index (χ0n) is 9.34. The average Bonchev–Trinajstić information content (AvgIpc) is 2.31. The molecule has 0 atom stereocenters. The van der Waals surface area contributed by atoms with Gasteiger partial charge in [-0.3, -0.25) is 0 Å². The number of rotatable bonds is 4. The maximum absolute atomic E-state index is 4.29. The fourth-order valence-corrected chi connectivity index (χ4v) is 3.31. The molecular formula is C15H17S. The molecule has 0 spiro atoms. The number of hydrogen-bond donors (Lipinski definition) is 1. The Hall–Kier alpha value is -1.21. The first-order valence-electron chi connectivity index (χ1n) is 5.48. The molecule has 0 saturated heterocycles. The molecule has 2 aromatic rings. The van der Waals surface area contributed by atoms with Gasteiger partial charge in [0.25, 0.3) is 0 Å². The molecule has 1 heteroatoms. The van der Waals surface area contributed by atoms with Crippen molar-refractivity contribution >= 4 is 10.9 Å². The second-order valence-electron chi connectivity index (χ2n) is 3.96. The molecule has 0 amide bonds. The highest BCUT2D eigenvalue weighted by Crippen LogP contribution is 2.32. The largest absolute Gasteiger partial charge is 0.245 e. The predicted molar refractivity (Wildman–Crippen MR) is 74.6 cm³/mol. The molecule has 2 rings (SSSR count). The van der Waals surface area contributed by atoms with E-state index in [9.17, 15) is 0 Å². The normalized spacial score (nSPS) is 11.2. The van der Waals surface area contributed by atoms with Crippen LogP contribution < -0.4 is 0 Å². The van der Waals surface area contributed by atoms with E-state index in [0.717, 1.165) is 11.5 Å². The summed E-state index contributed by atoms with van der Waals surface area (Å²) in [5.41, 5.74) is 2.80. The van der Waals surface area contributed by atoms with E-state index in [1.807, 2.05) is 0 Å². The van der Waals surface area contributed by atoms with Gasteiger partial charge in [0.2, 0.25) is 0 Å². The van der Waals surface area contributed by atoms with Gasteiger partial charge in [-0.1, -0.05) is 60.7 Å². The van der Waals surface area contributed by atoms with Crippen molar-refractivity contribution in [2.24, 2.45) is 0 Å². The SMILES string of the molecule is [CH2][SH](Cc1ccccc1)Cc1ccccc1. The summed E-state index contributed by atoms with van der Waals surface area (Å²) < 4.78 is 0. The Labute approximate surface area is 101 Å². The fourth-order valence-electron chi connectivity index (χ4n) is 1.74. The smallest absolute Gasteiger partial charge is 0.000343 e. The molecule has 0 bridgehead atoms.